The Labute approximate surface area is 106 Å². The fraction of sp³-hybridized carbons (Fsp3) is 0.583. The topological polar surface area (TPSA) is 29.3 Å². The number of hydrogen-bond acceptors (Lipinski definition) is 3. The van der Waals surface area contributed by atoms with Crippen molar-refractivity contribution in [1.82, 2.24) is 4.90 Å². The third kappa shape index (κ3) is 2.62. The molecule has 88 valence electrons. The predicted molar refractivity (Wildman–Crippen MR) is 73.8 cm³/mol. The summed E-state index contributed by atoms with van der Waals surface area (Å²) in [6, 6.07) is 2.28. The van der Waals surface area contributed by atoms with Gasteiger partial charge in [0.1, 0.15) is 0 Å². The smallest absolute Gasteiger partial charge is 0.0948 e. The first kappa shape index (κ1) is 12.0. The van der Waals surface area contributed by atoms with E-state index in [4.69, 9.17) is 18.0 Å². The molecule has 0 saturated carbocycles. The highest BCUT2D eigenvalue weighted by Crippen LogP contribution is 2.28. The number of nitrogens with two attached hydrogens (primary N) is 1. The summed E-state index contributed by atoms with van der Waals surface area (Å²) in [5.74, 6) is 0.754. The highest BCUT2D eigenvalue weighted by molar-refractivity contribution is 7.80. The van der Waals surface area contributed by atoms with Crippen LogP contribution in [0.25, 0.3) is 0 Å². The van der Waals surface area contributed by atoms with E-state index < -0.39 is 0 Å². The maximum atomic E-state index is 5.90. The van der Waals surface area contributed by atoms with Crippen LogP contribution in [0.5, 0.6) is 0 Å². The van der Waals surface area contributed by atoms with Crippen molar-refractivity contribution in [3.05, 3.63) is 22.4 Å². The number of thiocarbonyl (C=S) groups is 1. The van der Waals surface area contributed by atoms with Crippen LogP contribution in [0.3, 0.4) is 0 Å². The minimum atomic E-state index is 0.143. The van der Waals surface area contributed by atoms with E-state index >= 15 is 0 Å². The molecule has 0 radical (unpaired) electrons. The van der Waals surface area contributed by atoms with E-state index in [0.29, 0.717) is 4.99 Å². The molecule has 2 atom stereocenters. The summed E-state index contributed by atoms with van der Waals surface area (Å²) < 4.78 is 0. The second-order valence-electron chi connectivity index (χ2n) is 4.60. The first-order valence-electron chi connectivity index (χ1n) is 5.74. The van der Waals surface area contributed by atoms with Gasteiger partial charge in [-0.05, 0) is 47.7 Å². The van der Waals surface area contributed by atoms with E-state index in [2.05, 4.69) is 28.7 Å². The van der Waals surface area contributed by atoms with Gasteiger partial charge in [0.05, 0.1) is 11.0 Å². The zero-order valence-corrected chi connectivity index (χ0v) is 11.2. The molecule has 2 unspecified atom stereocenters. The molecule has 16 heavy (non-hydrogen) atoms. The van der Waals surface area contributed by atoms with Gasteiger partial charge in [-0.25, -0.2) is 0 Å². The van der Waals surface area contributed by atoms with Crippen molar-refractivity contribution >= 4 is 28.5 Å². The van der Waals surface area contributed by atoms with E-state index in [1.807, 2.05) is 0 Å². The van der Waals surface area contributed by atoms with Crippen molar-refractivity contribution in [3.8, 4) is 0 Å². The lowest BCUT2D eigenvalue weighted by molar-refractivity contribution is 0.162. The fourth-order valence-corrected chi connectivity index (χ4v) is 3.41. The van der Waals surface area contributed by atoms with Crippen LogP contribution in [0.1, 0.15) is 31.4 Å². The SMILES string of the molecule is CC1CCCN(C(C(N)=S)c2ccsc2)C1. The molecular formula is C12H18N2S2. The van der Waals surface area contributed by atoms with E-state index in [1.165, 1.54) is 18.4 Å². The van der Waals surface area contributed by atoms with E-state index in [-0.39, 0.29) is 6.04 Å². The molecule has 2 nitrogen and oxygen atoms in total. The van der Waals surface area contributed by atoms with Gasteiger partial charge in [0, 0.05) is 6.54 Å². The summed E-state index contributed by atoms with van der Waals surface area (Å²) in [4.78, 5) is 3.03. The molecule has 0 aromatic carbocycles. The Hall–Kier alpha value is -0.450. The third-order valence-electron chi connectivity index (χ3n) is 3.18. The van der Waals surface area contributed by atoms with Crippen LogP contribution in [-0.2, 0) is 0 Å². The molecule has 0 bridgehead atoms. The molecule has 2 rings (SSSR count). The molecule has 0 spiro atoms. The molecule has 1 saturated heterocycles. The molecule has 1 aliphatic heterocycles. The molecule has 4 heteroatoms. The Kier molecular flexibility index (Phi) is 3.95. The second kappa shape index (κ2) is 5.25. The quantitative estimate of drug-likeness (QED) is 0.841. The lowest BCUT2D eigenvalue weighted by Gasteiger charge is -2.36. The number of piperidine rings is 1. The van der Waals surface area contributed by atoms with Gasteiger partial charge in [0.25, 0.3) is 0 Å². The van der Waals surface area contributed by atoms with Crippen LogP contribution < -0.4 is 5.73 Å². The number of nitrogens with zero attached hydrogens (tertiary/aromatic N) is 1. The molecular weight excluding hydrogens is 236 g/mol. The van der Waals surface area contributed by atoms with Crippen LogP contribution in [0.15, 0.2) is 16.8 Å². The van der Waals surface area contributed by atoms with E-state index in [1.54, 1.807) is 11.3 Å². The maximum Gasteiger partial charge on any atom is 0.0948 e. The van der Waals surface area contributed by atoms with E-state index in [9.17, 15) is 0 Å². The van der Waals surface area contributed by atoms with Gasteiger partial charge in [-0.2, -0.15) is 11.3 Å². The minimum Gasteiger partial charge on any atom is -0.392 e. The monoisotopic (exact) mass is 254 g/mol. The fourth-order valence-electron chi connectivity index (χ4n) is 2.45. The molecule has 1 fully saturated rings. The van der Waals surface area contributed by atoms with E-state index in [0.717, 1.165) is 19.0 Å². The first-order chi connectivity index (χ1) is 7.68. The summed E-state index contributed by atoms with van der Waals surface area (Å²) in [5, 5.41) is 4.25. The Morgan fingerprint density at radius 2 is 2.50 bits per heavy atom. The van der Waals surface area contributed by atoms with Crippen LogP contribution in [0.2, 0.25) is 0 Å². The second-order valence-corrected chi connectivity index (χ2v) is 5.86. The average Bonchev–Trinajstić information content (AvgIpc) is 2.71. The zero-order chi connectivity index (χ0) is 11.5. The van der Waals surface area contributed by atoms with Crippen molar-refractivity contribution in [2.45, 2.75) is 25.8 Å². The van der Waals surface area contributed by atoms with Crippen molar-refractivity contribution in [1.29, 1.82) is 0 Å². The lowest BCUT2D eigenvalue weighted by atomic mass is 9.97. The van der Waals surface area contributed by atoms with Crippen molar-refractivity contribution < 1.29 is 0 Å². The van der Waals surface area contributed by atoms with Crippen LogP contribution >= 0.6 is 23.6 Å². The summed E-state index contributed by atoms with van der Waals surface area (Å²) in [6.07, 6.45) is 2.58. The molecule has 1 aliphatic rings. The summed E-state index contributed by atoms with van der Waals surface area (Å²) >= 11 is 6.93. The van der Waals surface area contributed by atoms with Crippen molar-refractivity contribution in [3.63, 3.8) is 0 Å². The standard InChI is InChI=1S/C12H18N2S2/c1-9-3-2-5-14(7-9)11(12(13)15)10-4-6-16-8-10/h4,6,8-9,11H,2-3,5,7H2,1H3,(H2,13,15). The maximum absolute atomic E-state index is 5.90. The normalized spacial score (nSPS) is 24.2. The Morgan fingerprint density at radius 3 is 3.06 bits per heavy atom. The largest absolute Gasteiger partial charge is 0.392 e. The molecule has 1 aromatic rings. The predicted octanol–water partition coefficient (Wildman–Crippen LogP) is 2.81. The minimum absolute atomic E-state index is 0.143. The molecule has 0 aliphatic carbocycles. The highest BCUT2D eigenvalue weighted by Gasteiger charge is 2.27. The van der Waals surface area contributed by atoms with Gasteiger partial charge in [0.15, 0.2) is 0 Å². The van der Waals surface area contributed by atoms with Crippen LogP contribution in [0, 0.1) is 5.92 Å². The summed E-state index contributed by atoms with van der Waals surface area (Å²) in [7, 11) is 0. The number of hydrogen-bond donors (Lipinski definition) is 1. The van der Waals surface area contributed by atoms with Crippen LogP contribution in [0.4, 0.5) is 0 Å². The number of likely N-dealkylation sites (tertiary alicyclic amines) is 1. The Morgan fingerprint density at radius 1 is 1.69 bits per heavy atom. The number of thiophene rings is 1. The van der Waals surface area contributed by atoms with Gasteiger partial charge in [-0.1, -0.05) is 19.1 Å². The molecule has 2 N–H and O–H groups in total. The highest BCUT2D eigenvalue weighted by atomic mass is 32.1. The summed E-state index contributed by atoms with van der Waals surface area (Å²) in [6.45, 7) is 4.52. The van der Waals surface area contributed by atoms with Gasteiger partial charge >= 0.3 is 0 Å². The van der Waals surface area contributed by atoms with Gasteiger partial charge in [0.2, 0.25) is 0 Å². The van der Waals surface area contributed by atoms with Crippen molar-refractivity contribution in [2.75, 3.05) is 13.1 Å². The first-order valence-corrected chi connectivity index (χ1v) is 7.09. The van der Waals surface area contributed by atoms with Gasteiger partial charge in [-0.15, -0.1) is 0 Å². The molecule has 1 aromatic heterocycles. The zero-order valence-electron chi connectivity index (χ0n) is 9.56. The van der Waals surface area contributed by atoms with Gasteiger partial charge in [-0.3, -0.25) is 4.90 Å². The average molecular weight is 254 g/mol. The molecule has 2 heterocycles. The summed E-state index contributed by atoms with van der Waals surface area (Å²) in [5.41, 5.74) is 7.15. The lowest BCUT2D eigenvalue weighted by Crippen LogP contribution is -2.42. The Bertz CT molecular complexity index is 348. The van der Waals surface area contributed by atoms with Crippen molar-refractivity contribution in [2.24, 2.45) is 11.7 Å². The molecule has 0 amide bonds. The van der Waals surface area contributed by atoms with Crippen LogP contribution in [-0.4, -0.2) is 23.0 Å². The third-order valence-corrected chi connectivity index (χ3v) is 4.11. The van der Waals surface area contributed by atoms with Gasteiger partial charge < -0.3 is 5.73 Å². The number of rotatable bonds is 3. The Balaban J connectivity index is 2.16.